The third-order valence-electron chi connectivity index (χ3n) is 5.12. The van der Waals surface area contributed by atoms with E-state index in [0.717, 1.165) is 36.0 Å². The minimum atomic E-state index is 0.157. The summed E-state index contributed by atoms with van der Waals surface area (Å²) in [7, 11) is 4.92. The SMILES string of the molecule is COc1ccc(NCCC(=O)N2CCN(c3ccccc3OC)CC2)c(OC)c1. The quantitative estimate of drug-likeness (QED) is 0.737. The Morgan fingerprint density at radius 1 is 0.931 bits per heavy atom. The van der Waals surface area contributed by atoms with Gasteiger partial charge in [0.05, 0.1) is 32.7 Å². The standard InChI is InChI=1S/C22H29N3O4/c1-27-17-8-9-18(21(16-17)29-3)23-11-10-22(26)25-14-12-24(13-15-25)19-6-4-5-7-20(19)28-2/h4-9,16,23H,10-15H2,1-3H3. The van der Waals surface area contributed by atoms with Crippen LogP contribution in [0.2, 0.25) is 0 Å². The minimum Gasteiger partial charge on any atom is -0.497 e. The predicted octanol–water partition coefficient (Wildman–Crippen LogP) is 2.86. The first kappa shape index (κ1) is 20.6. The van der Waals surface area contributed by atoms with Crippen molar-refractivity contribution >= 4 is 17.3 Å². The van der Waals surface area contributed by atoms with E-state index in [0.29, 0.717) is 31.8 Å². The van der Waals surface area contributed by atoms with Crippen LogP contribution in [0.1, 0.15) is 6.42 Å². The Labute approximate surface area is 172 Å². The molecule has 1 fully saturated rings. The summed E-state index contributed by atoms with van der Waals surface area (Å²) in [6.45, 7) is 3.57. The Morgan fingerprint density at radius 2 is 1.66 bits per heavy atom. The topological polar surface area (TPSA) is 63.3 Å². The molecule has 0 saturated carbocycles. The van der Waals surface area contributed by atoms with Gasteiger partial charge in [0.2, 0.25) is 5.91 Å². The van der Waals surface area contributed by atoms with Crippen LogP contribution < -0.4 is 24.4 Å². The molecule has 0 unspecified atom stereocenters. The number of benzene rings is 2. The van der Waals surface area contributed by atoms with Crippen LogP contribution in [0.5, 0.6) is 17.2 Å². The number of nitrogens with zero attached hydrogens (tertiary/aromatic N) is 2. The molecule has 3 rings (SSSR count). The number of methoxy groups -OCH3 is 3. The number of rotatable bonds is 8. The zero-order valence-corrected chi connectivity index (χ0v) is 17.3. The van der Waals surface area contributed by atoms with E-state index in [9.17, 15) is 4.79 Å². The zero-order chi connectivity index (χ0) is 20.6. The summed E-state index contributed by atoms with van der Waals surface area (Å²) in [6.07, 6.45) is 0.434. The zero-order valence-electron chi connectivity index (χ0n) is 17.3. The fourth-order valence-corrected chi connectivity index (χ4v) is 3.49. The number of carbonyl (C=O) groups excluding carboxylic acids is 1. The molecule has 29 heavy (non-hydrogen) atoms. The smallest absolute Gasteiger partial charge is 0.224 e. The largest absolute Gasteiger partial charge is 0.497 e. The van der Waals surface area contributed by atoms with Crippen LogP contribution in [0.4, 0.5) is 11.4 Å². The highest BCUT2D eigenvalue weighted by Crippen LogP contribution is 2.29. The molecule has 1 amide bonds. The molecule has 0 aromatic heterocycles. The Morgan fingerprint density at radius 3 is 2.34 bits per heavy atom. The summed E-state index contributed by atoms with van der Waals surface area (Å²) in [6, 6.07) is 13.6. The second-order valence-electron chi connectivity index (χ2n) is 6.78. The van der Waals surface area contributed by atoms with Crippen molar-refractivity contribution in [2.24, 2.45) is 0 Å². The van der Waals surface area contributed by atoms with E-state index >= 15 is 0 Å². The van der Waals surface area contributed by atoms with Crippen LogP contribution in [-0.2, 0) is 4.79 Å². The predicted molar refractivity (Wildman–Crippen MR) is 114 cm³/mol. The summed E-state index contributed by atoms with van der Waals surface area (Å²) in [5.74, 6) is 2.45. The number of hydrogen-bond donors (Lipinski definition) is 1. The maximum atomic E-state index is 12.6. The molecule has 0 atom stereocenters. The number of anilines is 2. The number of amides is 1. The average molecular weight is 399 g/mol. The molecule has 7 nitrogen and oxygen atoms in total. The number of para-hydroxylation sites is 2. The fraction of sp³-hybridized carbons (Fsp3) is 0.409. The van der Waals surface area contributed by atoms with Gasteiger partial charge in [-0.1, -0.05) is 12.1 Å². The lowest BCUT2D eigenvalue weighted by molar-refractivity contribution is -0.131. The monoisotopic (exact) mass is 399 g/mol. The molecule has 2 aromatic rings. The molecule has 1 saturated heterocycles. The second-order valence-corrected chi connectivity index (χ2v) is 6.78. The molecule has 1 aliphatic heterocycles. The third kappa shape index (κ3) is 5.04. The Kier molecular flexibility index (Phi) is 7.05. The first-order valence-corrected chi connectivity index (χ1v) is 9.78. The average Bonchev–Trinajstić information content (AvgIpc) is 2.79. The molecule has 7 heteroatoms. The van der Waals surface area contributed by atoms with Crippen molar-refractivity contribution in [2.45, 2.75) is 6.42 Å². The van der Waals surface area contributed by atoms with Crippen LogP contribution in [0.25, 0.3) is 0 Å². The van der Waals surface area contributed by atoms with Gasteiger partial charge in [-0.3, -0.25) is 4.79 Å². The van der Waals surface area contributed by atoms with E-state index in [2.05, 4.69) is 16.3 Å². The molecule has 0 aliphatic carbocycles. The van der Waals surface area contributed by atoms with E-state index in [1.807, 2.05) is 41.3 Å². The molecular formula is C22H29N3O4. The lowest BCUT2D eigenvalue weighted by Gasteiger charge is -2.36. The van der Waals surface area contributed by atoms with Crippen molar-refractivity contribution in [3.05, 3.63) is 42.5 Å². The van der Waals surface area contributed by atoms with Crippen LogP contribution in [0.3, 0.4) is 0 Å². The number of ether oxygens (including phenoxy) is 3. The van der Waals surface area contributed by atoms with Crippen molar-refractivity contribution in [2.75, 3.05) is 64.3 Å². The summed E-state index contributed by atoms with van der Waals surface area (Å²) in [4.78, 5) is 16.8. The van der Waals surface area contributed by atoms with Crippen molar-refractivity contribution in [1.29, 1.82) is 0 Å². The number of piperazine rings is 1. The van der Waals surface area contributed by atoms with Crippen molar-refractivity contribution in [3.63, 3.8) is 0 Å². The van der Waals surface area contributed by atoms with E-state index in [4.69, 9.17) is 14.2 Å². The molecular weight excluding hydrogens is 370 g/mol. The van der Waals surface area contributed by atoms with Crippen molar-refractivity contribution in [1.82, 2.24) is 4.90 Å². The lowest BCUT2D eigenvalue weighted by atomic mass is 10.2. The molecule has 156 valence electrons. The molecule has 0 spiro atoms. The number of nitrogens with one attached hydrogen (secondary N) is 1. The van der Waals surface area contributed by atoms with E-state index in [-0.39, 0.29) is 5.91 Å². The minimum absolute atomic E-state index is 0.157. The molecule has 0 bridgehead atoms. The summed E-state index contributed by atoms with van der Waals surface area (Å²) < 4.78 is 16.0. The van der Waals surface area contributed by atoms with Gasteiger partial charge in [-0.25, -0.2) is 0 Å². The van der Waals surface area contributed by atoms with Gasteiger partial charge in [0.15, 0.2) is 0 Å². The van der Waals surface area contributed by atoms with Gasteiger partial charge < -0.3 is 29.3 Å². The maximum Gasteiger partial charge on any atom is 0.224 e. The van der Waals surface area contributed by atoms with Crippen LogP contribution in [0, 0.1) is 0 Å². The first-order chi connectivity index (χ1) is 14.2. The van der Waals surface area contributed by atoms with E-state index in [1.54, 1.807) is 21.3 Å². The lowest BCUT2D eigenvalue weighted by Crippen LogP contribution is -2.49. The van der Waals surface area contributed by atoms with Crippen molar-refractivity contribution < 1.29 is 19.0 Å². The molecule has 1 aliphatic rings. The Hall–Kier alpha value is -3.09. The molecule has 2 aromatic carbocycles. The van der Waals surface area contributed by atoms with Gasteiger partial charge >= 0.3 is 0 Å². The van der Waals surface area contributed by atoms with Gasteiger partial charge in [-0.2, -0.15) is 0 Å². The normalized spacial score (nSPS) is 13.8. The molecule has 1 heterocycles. The number of hydrogen-bond acceptors (Lipinski definition) is 6. The van der Waals surface area contributed by atoms with Gasteiger partial charge in [-0.05, 0) is 24.3 Å². The Balaban J connectivity index is 1.48. The van der Waals surface area contributed by atoms with Crippen LogP contribution in [-0.4, -0.2) is 64.9 Å². The molecule has 0 radical (unpaired) electrons. The summed E-state index contributed by atoms with van der Waals surface area (Å²) in [5.41, 5.74) is 1.93. The van der Waals surface area contributed by atoms with Gasteiger partial charge in [0.25, 0.3) is 0 Å². The first-order valence-electron chi connectivity index (χ1n) is 9.78. The van der Waals surface area contributed by atoms with Gasteiger partial charge in [-0.15, -0.1) is 0 Å². The third-order valence-corrected chi connectivity index (χ3v) is 5.12. The van der Waals surface area contributed by atoms with E-state index in [1.165, 1.54) is 0 Å². The fourth-order valence-electron chi connectivity index (χ4n) is 3.49. The number of carbonyl (C=O) groups is 1. The highest BCUT2D eigenvalue weighted by molar-refractivity contribution is 5.77. The van der Waals surface area contributed by atoms with Crippen LogP contribution >= 0.6 is 0 Å². The second kappa shape index (κ2) is 9.91. The highest BCUT2D eigenvalue weighted by Gasteiger charge is 2.22. The highest BCUT2D eigenvalue weighted by atomic mass is 16.5. The van der Waals surface area contributed by atoms with Crippen molar-refractivity contribution in [3.8, 4) is 17.2 Å². The Bertz CT molecular complexity index is 819. The van der Waals surface area contributed by atoms with Gasteiger partial charge in [0, 0.05) is 45.2 Å². The summed E-state index contributed by atoms with van der Waals surface area (Å²) in [5, 5.41) is 3.28. The van der Waals surface area contributed by atoms with Gasteiger partial charge in [0.1, 0.15) is 17.2 Å². The van der Waals surface area contributed by atoms with E-state index < -0.39 is 0 Å². The summed E-state index contributed by atoms with van der Waals surface area (Å²) >= 11 is 0. The molecule has 1 N–H and O–H groups in total. The maximum absolute atomic E-state index is 12.6. The van der Waals surface area contributed by atoms with Crippen LogP contribution in [0.15, 0.2) is 42.5 Å².